The number of rotatable bonds is 3. The third-order valence-corrected chi connectivity index (χ3v) is 5.02. The predicted molar refractivity (Wildman–Crippen MR) is 89.2 cm³/mol. The Labute approximate surface area is 137 Å². The Morgan fingerprint density at radius 3 is 2.46 bits per heavy atom. The zero-order chi connectivity index (χ0) is 17.5. The van der Waals surface area contributed by atoms with Crippen LogP contribution in [-0.2, 0) is 10.0 Å². The van der Waals surface area contributed by atoms with Gasteiger partial charge in [-0.25, -0.2) is 17.6 Å². The summed E-state index contributed by atoms with van der Waals surface area (Å²) >= 11 is 0. The van der Waals surface area contributed by atoms with Crippen molar-refractivity contribution in [2.24, 2.45) is 0 Å². The number of fused-ring (bicyclic) bond motifs is 1. The molecule has 0 unspecified atom stereocenters. The summed E-state index contributed by atoms with van der Waals surface area (Å²) in [6.07, 6.45) is 0. The standard InChI is InChI=1S/C17H14FNO4S/c1-10-8-17(20)23-16-9-12(3-5-14(10)16)19-24(21,22)13-4-6-15(18)11(2)7-13/h3-9,19H,1-2H3. The second-order valence-corrected chi connectivity index (χ2v) is 7.16. The Kier molecular flexibility index (Phi) is 3.88. The van der Waals surface area contributed by atoms with Gasteiger partial charge >= 0.3 is 5.63 Å². The lowest BCUT2D eigenvalue weighted by molar-refractivity contribution is 0.560. The summed E-state index contributed by atoms with van der Waals surface area (Å²) in [7, 11) is -3.88. The van der Waals surface area contributed by atoms with Crippen molar-refractivity contribution in [3.63, 3.8) is 0 Å². The van der Waals surface area contributed by atoms with Crippen molar-refractivity contribution in [3.05, 3.63) is 69.8 Å². The smallest absolute Gasteiger partial charge is 0.336 e. The van der Waals surface area contributed by atoms with Gasteiger partial charge in [-0.15, -0.1) is 0 Å². The second-order valence-electron chi connectivity index (χ2n) is 5.48. The average molecular weight is 347 g/mol. The number of hydrogen-bond acceptors (Lipinski definition) is 4. The highest BCUT2D eigenvalue weighted by Crippen LogP contribution is 2.23. The van der Waals surface area contributed by atoms with Crippen LogP contribution in [0.2, 0.25) is 0 Å². The molecule has 3 rings (SSSR count). The fraction of sp³-hybridized carbons (Fsp3) is 0.118. The number of aryl methyl sites for hydroxylation is 2. The number of benzene rings is 2. The fourth-order valence-corrected chi connectivity index (χ4v) is 3.52. The molecule has 0 spiro atoms. The monoisotopic (exact) mass is 347 g/mol. The molecule has 1 aromatic heterocycles. The van der Waals surface area contributed by atoms with E-state index >= 15 is 0 Å². The molecule has 0 fully saturated rings. The quantitative estimate of drug-likeness (QED) is 0.737. The minimum Gasteiger partial charge on any atom is -0.423 e. The molecule has 124 valence electrons. The van der Waals surface area contributed by atoms with E-state index in [4.69, 9.17) is 4.42 Å². The zero-order valence-electron chi connectivity index (χ0n) is 13.0. The van der Waals surface area contributed by atoms with E-state index in [0.29, 0.717) is 0 Å². The molecule has 1 N–H and O–H groups in total. The molecule has 0 atom stereocenters. The summed E-state index contributed by atoms with van der Waals surface area (Å²) < 4.78 is 45.6. The molecular formula is C17H14FNO4S. The minimum atomic E-state index is -3.88. The molecule has 0 bridgehead atoms. The Morgan fingerprint density at radius 1 is 1.00 bits per heavy atom. The predicted octanol–water partition coefficient (Wildman–Crippen LogP) is 3.35. The van der Waals surface area contributed by atoms with E-state index in [-0.39, 0.29) is 21.7 Å². The first-order valence-electron chi connectivity index (χ1n) is 7.10. The van der Waals surface area contributed by atoms with Crippen LogP contribution in [0.15, 0.2) is 56.6 Å². The third-order valence-electron chi connectivity index (χ3n) is 3.64. The molecular weight excluding hydrogens is 333 g/mol. The molecule has 0 aliphatic carbocycles. The Balaban J connectivity index is 2.02. The number of anilines is 1. The van der Waals surface area contributed by atoms with Crippen LogP contribution in [0, 0.1) is 19.7 Å². The zero-order valence-corrected chi connectivity index (χ0v) is 13.8. The fourth-order valence-electron chi connectivity index (χ4n) is 2.39. The molecule has 24 heavy (non-hydrogen) atoms. The molecule has 0 amide bonds. The van der Waals surface area contributed by atoms with Crippen LogP contribution in [-0.4, -0.2) is 8.42 Å². The number of nitrogens with one attached hydrogen (secondary N) is 1. The first-order chi connectivity index (χ1) is 11.3. The number of hydrogen-bond donors (Lipinski definition) is 1. The molecule has 0 saturated carbocycles. The Bertz CT molecular complexity index is 1100. The molecule has 3 aromatic rings. The lowest BCUT2D eigenvalue weighted by Gasteiger charge is -2.10. The maximum absolute atomic E-state index is 13.3. The van der Waals surface area contributed by atoms with E-state index in [9.17, 15) is 17.6 Å². The normalized spacial score (nSPS) is 11.6. The average Bonchev–Trinajstić information content (AvgIpc) is 2.49. The van der Waals surface area contributed by atoms with Crippen LogP contribution in [0.4, 0.5) is 10.1 Å². The van der Waals surface area contributed by atoms with Crippen molar-refractivity contribution >= 4 is 26.7 Å². The van der Waals surface area contributed by atoms with E-state index in [0.717, 1.165) is 17.0 Å². The summed E-state index contributed by atoms with van der Waals surface area (Å²) in [5.74, 6) is -0.475. The maximum atomic E-state index is 13.3. The van der Waals surface area contributed by atoms with Crippen LogP contribution in [0.3, 0.4) is 0 Å². The van der Waals surface area contributed by atoms with Crippen molar-refractivity contribution in [3.8, 4) is 0 Å². The molecule has 0 aliphatic heterocycles. The topological polar surface area (TPSA) is 76.4 Å². The molecule has 0 aliphatic rings. The van der Waals surface area contributed by atoms with Crippen molar-refractivity contribution in [1.29, 1.82) is 0 Å². The van der Waals surface area contributed by atoms with Gasteiger partial charge in [0.05, 0.1) is 10.6 Å². The van der Waals surface area contributed by atoms with Crippen molar-refractivity contribution in [2.75, 3.05) is 4.72 Å². The SMILES string of the molecule is Cc1cc(S(=O)(=O)Nc2ccc3c(C)cc(=O)oc3c2)ccc1F. The van der Waals surface area contributed by atoms with E-state index in [2.05, 4.69) is 4.72 Å². The maximum Gasteiger partial charge on any atom is 0.336 e. The second kappa shape index (κ2) is 5.76. The highest BCUT2D eigenvalue weighted by molar-refractivity contribution is 7.92. The van der Waals surface area contributed by atoms with Gasteiger partial charge in [-0.1, -0.05) is 0 Å². The van der Waals surface area contributed by atoms with E-state index in [1.165, 1.54) is 31.2 Å². The summed E-state index contributed by atoms with van der Waals surface area (Å²) in [5, 5.41) is 0.718. The molecule has 1 heterocycles. The van der Waals surface area contributed by atoms with E-state index < -0.39 is 21.5 Å². The van der Waals surface area contributed by atoms with Gasteiger partial charge in [-0.3, -0.25) is 4.72 Å². The van der Waals surface area contributed by atoms with Crippen LogP contribution in [0.5, 0.6) is 0 Å². The molecule has 0 radical (unpaired) electrons. The van der Waals surface area contributed by atoms with Gasteiger partial charge in [-0.05, 0) is 55.3 Å². The van der Waals surface area contributed by atoms with Crippen molar-refractivity contribution in [1.82, 2.24) is 0 Å². The van der Waals surface area contributed by atoms with Crippen LogP contribution in [0.1, 0.15) is 11.1 Å². The van der Waals surface area contributed by atoms with Crippen molar-refractivity contribution < 1.29 is 17.2 Å². The van der Waals surface area contributed by atoms with Crippen molar-refractivity contribution in [2.45, 2.75) is 18.7 Å². The summed E-state index contributed by atoms with van der Waals surface area (Å²) in [6.45, 7) is 3.26. The number of sulfonamides is 1. The summed E-state index contributed by atoms with van der Waals surface area (Å²) in [4.78, 5) is 11.4. The molecule has 7 heteroatoms. The van der Waals surface area contributed by atoms with Crippen LogP contribution < -0.4 is 10.3 Å². The summed E-state index contributed by atoms with van der Waals surface area (Å²) in [6, 6.07) is 9.60. The minimum absolute atomic E-state index is 0.0489. The van der Waals surface area contributed by atoms with Gasteiger partial charge in [0.25, 0.3) is 10.0 Å². The van der Waals surface area contributed by atoms with E-state index in [1.807, 2.05) is 0 Å². The van der Waals surface area contributed by atoms with Gasteiger partial charge in [0.15, 0.2) is 0 Å². The third kappa shape index (κ3) is 3.03. The highest BCUT2D eigenvalue weighted by Gasteiger charge is 2.16. The van der Waals surface area contributed by atoms with E-state index in [1.54, 1.807) is 19.1 Å². The van der Waals surface area contributed by atoms with Gasteiger partial charge in [-0.2, -0.15) is 0 Å². The van der Waals surface area contributed by atoms with Gasteiger partial charge in [0.1, 0.15) is 11.4 Å². The molecule has 5 nitrogen and oxygen atoms in total. The molecule has 0 saturated heterocycles. The first-order valence-corrected chi connectivity index (χ1v) is 8.58. The first kappa shape index (κ1) is 16.2. The Morgan fingerprint density at radius 2 is 1.75 bits per heavy atom. The molecule has 2 aromatic carbocycles. The number of halogens is 1. The van der Waals surface area contributed by atoms with Gasteiger partial charge < -0.3 is 4.42 Å². The van der Waals surface area contributed by atoms with Crippen LogP contribution >= 0.6 is 0 Å². The van der Waals surface area contributed by atoms with Gasteiger partial charge in [0, 0.05) is 17.5 Å². The Hall–Kier alpha value is -2.67. The summed E-state index contributed by atoms with van der Waals surface area (Å²) in [5.41, 5.74) is 1.01. The lowest BCUT2D eigenvalue weighted by Crippen LogP contribution is -2.13. The van der Waals surface area contributed by atoms with Crippen LogP contribution in [0.25, 0.3) is 11.0 Å². The highest BCUT2D eigenvalue weighted by atomic mass is 32.2. The largest absolute Gasteiger partial charge is 0.423 e. The van der Waals surface area contributed by atoms with Gasteiger partial charge in [0.2, 0.25) is 0 Å². The lowest BCUT2D eigenvalue weighted by atomic mass is 10.1.